The molecule has 96 valence electrons. The zero-order valence-electron chi connectivity index (χ0n) is 10.1. The van der Waals surface area contributed by atoms with E-state index in [-0.39, 0.29) is 12.4 Å². The van der Waals surface area contributed by atoms with E-state index in [9.17, 15) is 8.42 Å². The molecule has 5 nitrogen and oxygen atoms in total. The molecule has 0 aromatic rings. The summed E-state index contributed by atoms with van der Waals surface area (Å²) in [5, 5.41) is 8.63. The molecule has 1 aliphatic heterocycles. The van der Waals surface area contributed by atoms with Crippen LogP contribution in [0.15, 0.2) is 0 Å². The smallest absolute Gasteiger partial charge is 0.214 e. The minimum atomic E-state index is -3.10. The van der Waals surface area contributed by atoms with E-state index in [1.807, 2.05) is 14.1 Å². The van der Waals surface area contributed by atoms with E-state index in [2.05, 4.69) is 4.90 Å². The maximum absolute atomic E-state index is 11.9. The number of hydrogen-bond donors (Lipinski definition) is 1. The lowest BCUT2D eigenvalue weighted by Crippen LogP contribution is -2.35. The van der Waals surface area contributed by atoms with Crippen LogP contribution < -0.4 is 0 Å². The molecule has 0 spiro atoms. The maximum Gasteiger partial charge on any atom is 0.214 e. The van der Waals surface area contributed by atoms with Crippen molar-refractivity contribution < 1.29 is 13.5 Å². The zero-order chi connectivity index (χ0) is 12.2. The van der Waals surface area contributed by atoms with E-state index in [1.165, 1.54) is 0 Å². The number of rotatable bonds is 6. The molecule has 0 aromatic carbocycles. The molecular weight excluding hydrogens is 228 g/mol. The summed E-state index contributed by atoms with van der Waals surface area (Å²) in [4.78, 5) is 2.07. The summed E-state index contributed by atoms with van der Waals surface area (Å²) in [6.45, 7) is 1.30. The van der Waals surface area contributed by atoms with E-state index in [1.54, 1.807) is 4.31 Å². The van der Waals surface area contributed by atoms with Gasteiger partial charge in [-0.15, -0.1) is 0 Å². The Balaban J connectivity index is 2.45. The summed E-state index contributed by atoms with van der Waals surface area (Å²) >= 11 is 0. The predicted octanol–water partition coefficient (Wildman–Crippen LogP) is -0.275. The highest BCUT2D eigenvalue weighted by Gasteiger charge is 2.31. The number of aliphatic hydroxyl groups is 1. The van der Waals surface area contributed by atoms with Gasteiger partial charge in [0.05, 0.1) is 5.75 Å². The van der Waals surface area contributed by atoms with Crippen molar-refractivity contribution in [2.75, 3.05) is 39.5 Å². The van der Waals surface area contributed by atoms with Gasteiger partial charge in [-0.1, -0.05) is 0 Å². The molecule has 0 aromatic heterocycles. The molecule has 0 aliphatic carbocycles. The Hall–Kier alpha value is -0.170. The van der Waals surface area contributed by atoms with Crippen molar-refractivity contribution in [3.63, 3.8) is 0 Å². The summed E-state index contributed by atoms with van der Waals surface area (Å²) in [5.74, 6) is 0.160. The van der Waals surface area contributed by atoms with Crippen LogP contribution in [0, 0.1) is 0 Å². The van der Waals surface area contributed by atoms with Crippen molar-refractivity contribution in [1.29, 1.82) is 0 Å². The second kappa shape index (κ2) is 5.95. The third-order valence-electron chi connectivity index (χ3n) is 3.06. The number of likely N-dealkylation sites (N-methyl/N-ethyl adjacent to an activating group) is 1. The average molecular weight is 250 g/mol. The molecule has 0 bridgehead atoms. The zero-order valence-corrected chi connectivity index (χ0v) is 10.9. The molecule has 0 radical (unpaired) electrons. The molecule has 1 unspecified atom stereocenters. The van der Waals surface area contributed by atoms with Crippen molar-refractivity contribution in [2.24, 2.45) is 0 Å². The quantitative estimate of drug-likeness (QED) is 0.659. The van der Waals surface area contributed by atoms with Gasteiger partial charge >= 0.3 is 0 Å². The molecule has 0 amide bonds. The Morgan fingerprint density at radius 2 is 2.06 bits per heavy atom. The lowest BCUT2D eigenvalue weighted by molar-refractivity contribution is 0.286. The van der Waals surface area contributed by atoms with Gasteiger partial charge in [-0.25, -0.2) is 12.7 Å². The van der Waals surface area contributed by atoms with Gasteiger partial charge in [0.15, 0.2) is 0 Å². The molecule has 6 heteroatoms. The molecular formula is C10H22N2O3S. The number of aliphatic hydroxyl groups excluding tert-OH is 1. The molecule has 1 rings (SSSR count). The monoisotopic (exact) mass is 250 g/mol. The molecule has 1 N–H and O–H groups in total. The molecule has 0 saturated carbocycles. The van der Waals surface area contributed by atoms with Crippen molar-refractivity contribution in [3.8, 4) is 0 Å². The highest BCUT2D eigenvalue weighted by molar-refractivity contribution is 7.89. The number of sulfonamides is 1. The molecule has 1 atom stereocenters. The number of nitrogens with zero attached hydrogens (tertiary/aromatic N) is 2. The van der Waals surface area contributed by atoms with Crippen LogP contribution in [0.1, 0.15) is 19.3 Å². The Morgan fingerprint density at radius 1 is 1.38 bits per heavy atom. The molecule has 16 heavy (non-hydrogen) atoms. The highest BCUT2D eigenvalue weighted by atomic mass is 32.2. The first kappa shape index (κ1) is 13.9. The Bertz CT molecular complexity index is 303. The maximum atomic E-state index is 11.9. The number of unbranched alkanes of at least 4 members (excludes halogenated alkanes) is 1. The van der Waals surface area contributed by atoms with Crippen LogP contribution in [0.5, 0.6) is 0 Å². The third kappa shape index (κ3) is 3.69. The van der Waals surface area contributed by atoms with Crippen LogP contribution in [0.2, 0.25) is 0 Å². The van der Waals surface area contributed by atoms with Crippen molar-refractivity contribution >= 4 is 10.0 Å². The van der Waals surface area contributed by atoms with E-state index >= 15 is 0 Å². The standard InChI is InChI=1S/C10H22N2O3S/c1-11(2)10-5-6-12(9-10)16(14,15)8-4-3-7-13/h10,13H,3-9H2,1-2H3. The van der Waals surface area contributed by atoms with Crippen LogP contribution in [-0.2, 0) is 10.0 Å². The van der Waals surface area contributed by atoms with Gasteiger partial charge in [-0.2, -0.15) is 0 Å². The first-order chi connectivity index (χ1) is 7.47. The lowest BCUT2D eigenvalue weighted by atomic mass is 10.2. The normalized spacial score (nSPS) is 23.1. The molecule has 1 aliphatic rings. The van der Waals surface area contributed by atoms with Gasteiger partial charge in [0, 0.05) is 25.7 Å². The fourth-order valence-electron chi connectivity index (χ4n) is 1.91. The van der Waals surface area contributed by atoms with Crippen molar-refractivity contribution in [3.05, 3.63) is 0 Å². The second-order valence-electron chi connectivity index (χ2n) is 4.51. The topological polar surface area (TPSA) is 60.9 Å². The average Bonchev–Trinajstić information content (AvgIpc) is 2.67. The van der Waals surface area contributed by atoms with Gasteiger partial charge in [0.2, 0.25) is 10.0 Å². The van der Waals surface area contributed by atoms with Crippen LogP contribution in [0.3, 0.4) is 0 Å². The third-order valence-corrected chi connectivity index (χ3v) is 4.98. The van der Waals surface area contributed by atoms with Crippen molar-refractivity contribution in [2.45, 2.75) is 25.3 Å². The van der Waals surface area contributed by atoms with Gasteiger partial charge in [0.25, 0.3) is 0 Å². The van der Waals surface area contributed by atoms with Crippen LogP contribution in [0.25, 0.3) is 0 Å². The Kier molecular flexibility index (Phi) is 5.17. The summed E-state index contributed by atoms with van der Waals surface area (Å²) in [7, 11) is 0.854. The fourth-order valence-corrected chi connectivity index (χ4v) is 3.52. The van der Waals surface area contributed by atoms with E-state index in [4.69, 9.17) is 5.11 Å². The summed E-state index contributed by atoms with van der Waals surface area (Å²) < 4.78 is 25.4. The van der Waals surface area contributed by atoms with Crippen LogP contribution in [0.4, 0.5) is 0 Å². The summed E-state index contributed by atoms with van der Waals surface area (Å²) in [6, 6.07) is 0.340. The molecule has 1 heterocycles. The predicted molar refractivity (Wildman–Crippen MR) is 63.8 cm³/mol. The van der Waals surface area contributed by atoms with E-state index in [0.29, 0.717) is 32.0 Å². The van der Waals surface area contributed by atoms with Crippen LogP contribution in [-0.4, -0.2) is 68.3 Å². The SMILES string of the molecule is CN(C)C1CCN(S(=O)(=O)CCCCO)C1. The summed E-state index contributed by atoms with van der Waals surface area (Å²) in [6.07, 6.45) is 2.01. The Morgan fingerprint density at radius 3 is 2.56 bits per heavy atom. The van der Waals surface area contributed by atoms with Gasteiger partial charge < -0.3 is 10.0 Å². The highest BCUT2D eigenvalue weighted by Crippen LogP contribution is 2.17. The van der Waals surface area contributed by atoms with Crippen molar-refractivity contribution in [1.82, 2.24) is 9.21 Å². The van der Waals surface area contributed by atoms with Crippen LogP contribution >= 0.6 is 0 Å². The minimum absolute atomic E-state index is 0.0653. The lowest BCUT2D eigenvalue weighted by Gasteiger charge is -2.20. The van der Waals surface area contributed by atoms with E-state index in [0.717, 1.165) is 6.42 Å². The first-order valence-electron chi connectivity index (χ1n) is 5.72. The number of hydrogen-bond acceptors (Lipinski definition) is 4. The molecule has 1 saturated heterocycles. The minimum Gasteiger partial charge on any atom is -0.396 e. The van der Waals surface area contributed by atoms with Gasteiger partial charge in [0.1, 0.15) is 0 Å². The fraction of sp³-hybridized carbons (Fsp3) is 1.00. The van der Waals surface area contributed by atoms with E-state index < -0.39 is 10.0 Å². The second-order valence-corrected chi connectivity index (χ2v) is 6.60. The largest absolute Gasteiger partial charge is 0.396 e. The molecule has 1 fully saturated rings. The summed E-state index contributed by atoms with van der Waals surface area (Å²) in [5.41, 5.74) is 0. The first-order valence-corrected chi connectivity index (χ1v) is 7.33. The van der Waals surface area contributed by atoms with Gasteiger partial charge in [-0.3, -0.25) is 0 Å². The Labute approximate surface area is 98.1 Å². The van der Waals surface area contributed by atoms with Gasteiger partial charge in [-0.05, 0) is 33.4 Å².